The zero-order chi connectivity index (χ0) is 19.6. The zero-order valence-electron chi connectivity index (χ0n) is 14.3. The number of amides is 2. The van der Waals surface area contributed by atoms with Gasteiger partial charge < -0.3 is 10.4 Å². The van der Waals surface area contributed by atoms with E-state index in [4.69, 9.17) is 0 Å². The average molecular weight is 385 g/mol. The first-order valence-electron chi connectivity index (χ1n) is 8.05. The third-order valence-electron chi connectivity index (χ3n) is 4.04. The molecule has 2 aromatic carbocycles. The molecule has 1 atom stereocenters. The Morgan fingerprint density at radius 1 is 1.19 bits per heavy atom. The smallest absolute Gasteiger partial charge is 0.354 e. The summed E-state index contributed by atoms with van der Waals surface area (Å²) in [7, 11) is 0. The van der Waals surface area contributed by atoms with Gasteiger partial charge >= 0.3 is 12.0 Å². The van der Waals surface area contributed by atoms with Crippen LogP contribution < -0.4 is 9.62 Å². The number of rotatable bonds is 4. The molecule has 0 aliphatic rings. The number of hydrogen-bond donors (Lipinski definition) is 3. The molecule has 0 bridgehead atoms. The molecule has 0 aliphatic heterocycles. The minimum Gasteiger partial charge on any atom is -0.477 e. The fourth-order valence-electron chi connectivity index (χ4n) is 2.63. The highest BCUT2D eigenvalue weighted by Crippen LogP contribution is 2.28. The largest absolute Gasteiger partial charge is 0.477 e. The molecular formula is C19H16FN3O3S. The minimum absolute atomic E-state index is 0.192. The van der Waals surface area contributed by atoms with Crippen molar-refractivity contribution in [1.29, 1.82) is 0 Å². The summed E-state index contributed by atoms with van der Waals surface area (Å²) < 4.78 is 14.1. The van der Waals surface area contributed by atoms with Gasteiger partial charge in [0.2, 0.25) is 0 Å². The molecule has 2 N–H and O–H groups in total. The SMILES string of the molecule is CC(NC(=O)N(S)c1cc(C(=O)O)nc2ccccc12)c1ccc(F)cc1. The van der Waals surface area contributed by atoms with Crippen LogP contribution in [0.3, 0.4) is 0 Å². The van der Waals surface area contributed by atoms with E-state index in [9.17, 15) is 19.1 Å². The molecule has 3 aromatic rings. The number of carbonyl (C=O) groups is 2. The van der Waals surface area contributed by atoms with Gasteiger partial charge in [-0.05, 0) is 36.8 Å². The van der Waals surface area contributed by atoms with E-state index in [0.29, 0.717) is 16.6 Å². The standard InChI is InChI=1S/C19H16FN3O3S/c1-11(12-6-8-13(20)9-7-12)21-19(26)23(27)17-10-16(18(24)25)22-15-5-3-2-4-14(15)17/h2-11,27H,1H3,(H,21,26)(H,24,25). The number of aromatic carboxylic acids is 1. The fraction of sp³-hybridized carbons (Fsp3) is 0.105. The van der Waals surface area contributed by atoms with Crippen molar-refractivity contribution in [1.82, 2.24) is 10.3 Å². The van der Waals surface area contributed by atoms with E-state index in [2.05, 4.69) is 23.1 Å². The van der Waals surface area contributed by atoms with E-state index < -0.39 is 18.0 Å². The van der Waals surface area contributed by atoms with E-state index in [1.54, 1.807) is 43.3 Å². The first kappa shape index (κ1) is 18.7. The summed E-state index contributed by atoms with van der Waals surface area (Å²) in [4.78, 5) is 28.0. The summed E-state index contributed by atoms with van der Waals surface area (Å²) in [6.07, 6.45) is 0. The Hall–Kier alpha value is -3.13. The number of urea groups is 1. The van der Waals surface area contributed by atoms with Gasteiger partial charge in [-0.1, -0.05) is 43.1 Å². The fourth-order valence-corrected chi connectivity index (χ4v) is 2.86. The lowest BCUT2D eigenvalue weighted by atomic mass is 10.1. The molecule has 138 valence electrons. The van der Waals surface area contributed by atoms with Crippen molar-refractivity contribution in [2.24, 2.45) is 0 Å². The first-order chi connectivity index (χ1) is 12.9. The number of carbonyl (C=O) groups excluding carboxylic acids is 1. The second kappa shape index (κ2) is 7.63. The van der Waals surface area contributed by atoms with E-state index in [1.807, 2.05) is 0 Å². The number of benzene rings is 2. The Labute approximate surface area is 160 Å². The van der Waals surface area contributed by atoms with Crippen LogP contribution >= 0.6 is 12.8 Å². The summed E-state index contributed by atoms with van der Waals surface area (Å²) in [5.41, 5.74) is 1.26. The van der Waals surface area contributed by atoms with Gasteiger partial charge in [-0.2, -0.15) is 0 Å². The minimum atomic E-state index is -1.20. The number of fused-ring (bicyclic) bond motifs is 1. The Kier molecular flexibility index (Phi) is 5.27. The van der Waals surface area contributed by atoms with Crippen molar-refractivity contribution in [3.05, 3.63) is 71.7 Å². The summed E-state index contributed by atoms with van der Waals surface area (Å²) in [6, 6.07) is 13.0. The predicted octanol–water partition coefficient (Wildman–Crippen LogP) is 4.19. The predicted molar refractivity (Wildman–Crippen MR) is 104 cm³/mol. The maximum atomic E-state index is 13.1. The number of thiol groups is 1. The number of nitrogens with zero attached hydrogens (tertiary/aromatic N) is 2. The lowest BCUT2D eigenvalue weighted by Crippen LogP contribution is -2.36. The lowest BCUT2D eigenvalue weighted by molar-refractivity contribution is 0.0691. The van der Waals surface area contributed by atoms with Gasteiger partial charge in [-0.25, -0.2) is 23.3 Å². The number of para-hydroxylation sites is 1. The number of halogens is 1. The summed E-state index contributed by atoms with van der Waals surface area (Å²) in [5.74, 6) is -1.57. The number of nitrogens with one attached hydrogen (secondary N) is 1. The average Bonchev–Trinajstić information content (AvgIpc) is 2.66. The quantitative estimate of drug-likeness (QED) is 0.588. The third-order valence-corrected chi connectivity index (χ3v) is 4.44. The van der Waals surface area contributed by atoms with Crippen LogP contribution in [0.15, 0.2) is 54.6 Å². The van der Waals surface area contributed by atoms with Crippen molar-refractivity contribution in [2.45, 2.75) is 13.0 Å². The van der Waals surface area contributed by atoms with Crippen molar-refractivity contribution in [3.63, 3.8) is 0 Å². The molecule has 0 aliphatic carbocycles. The zero-order valence-corrected chi connectivity index (χ0v) is 15.2. The lowest BCUT2D eigenvalue weighted by Gasteiger charge is -2.22. The Morgan fingerprint density at radius 2 is 1.85 bits per heavy atom. The van der Waals surface area contributed by atoms with Crippen LogP contribution in [0.25, 0.3) is 10.9 Å². The second-order valence-electron chi connectivity index (χ2n) is 5.88. The van der Waals surface area contributed by atoms with E-state index in [-0.39, 0.29) is 11.5 Å². The second-order valence-corrected chi connectivity index (χ2v) is 6.28. The molecule has 0 fully saturated rings. The van der Waals surface area contributed by atoms with Gasteiger partial charge in [0.15, 0.2) is 5.69 Å². The first-order valence-corrected chi connectivity index (χ1v) is 8.45. The van der Waals surface area contributed by atoms with E-state index >= 15 is 0 Å². The van der Waals surface area contributed by atoms with E-state index in [0.717, 1.165) is 9.87 Å². The van der Waals surface area contributed by atoms with Crippen LogP contribution in [0.4, 0.5) is 14.9 Å². The molecule has 1 heterocycles. The molecule has 1 aromatic heterocycles. The van der Waals surface area contributed by atoms with Gasteiger partial charge in [0, 0.05) is 5.39 Å². The monoisotopic (exact) mass is 385 g/mol. The number of carboxylic acids is 1. The van der Waals surface area contributed by atoms with Gasteiger partial charge in [0.25, 0.3) is 0 Å². The molecule has 0 radical (unpaired) electrons. The Morgan fingerprint density at radius 3 is 2.52 bits per heavy atom. The van der Waals surface area contributed by atoms with Crippen molar-refractivity contribution < 1.29 is 19.1 Å². The van der Waals surface area contributed by atoms with Gasteiger partial charge in [-0.15, -0.1) is 0 Å². The number of carboxylic acid groups (broad SMARTS) is 1. The summed E-state index contributed by atoms with van der Waals surface area (Å²) in [5, 5.41) is 12.6. The summed E-state index contributed by atoms with van der Waals surface area (Å²) in [6.45, 7) is 1.75. The van der Waals surface area contributed by atoms with Crippen LogP contribution in [0.1, 0.15) is 29.0 Å². The molecule has 0 saturated heterocycles. The number of pyridine rings is 1. The maximum absolute atomic E-state index is 13.1. The third kappa shape index (κ3) is 4.01. The highest BCUT2D eigenvalue weighted by atomic mass is 32.1. The molecule has 1 unspecified atom stereocenters. The number of hydrogen-bond acceptors (Lipinski definition) is 4. The molecule has 2 amide bonds. The van der Waals surface area contributed by atoms with Gasteiger partial charge in [0.1, 0.15) is 5.82 Å². The highest BCUT2D eigenvalue weighted by molar-refractivity contribution is 7.82. The Bertz CT molecular complexity index is 1010. The highest BCUT2D eigenvalue weighted by Gasteiger charge is 2.20. The normalized spacial score (nSPS) is 11.8. The molecule has 27 heavy (non-hydrogen) atoms. The van der Waals surface area contributed by atoms with Crippen LogP contribution in [0.5, 0.6) is 0 Å². The van der Waals surface area contributed by atoms with Crippen LogP contribution in [-0.4, -0.2) is 22.1 Å². The van der Waals surface area contributed by atoms with E-state index in [1.165, 1.54) is 18.2 Å². The van der Waals surface area contributed by atoms with Crippen LogP contribution in [-0.2, 0) is 0 Å². The van der Waals surface area contributed by atoms with Crippen LogP contribution in [0.2, 0.25) is 0 Å². The summed E-state index contributed by atoms with van der Waals surface area (Å²) >= 11 is 4.25. The number of anilines is 1. The molecule has 6 nitrogen and oxygen atoms in total. The molecule has 3 rings (SSSR count). The van der Waals surface area contributed by atoms with Crippen molar-refractivity contribution >= 4 is 41.4 Å². The molecular weight excluding hydrogens is 369 g/mol. The Balaban J connectivity index is 1.90. The van der Waals surface area contributed by atoms with Gasteiger partial charge in [0.05, 0.1) is 17.2 Å². The topological polar surface area (TPSA) is 82.5 Å². The van der Waals surface area contributed by atoms with Crippen molar-refractivity contribution in [3.8, 4) is 0 Å². The molecule has 0 spiro atoms. The van der Waals surface area contributed by atoms with Crippen molar-refractivity contribution in [2.75, 3.05) is 4.31 Å². The number of aromatic nitrogens is 1. The van der Waals surface area contributed by atoms with Crippen LogP contribution in [0, 0.1) is 5.82 Å². The molecule has 8 heteroatoms. The maximum Gasteiger partial charge on any atom is 0.354 e. The van der Waals surface area contributed by atoms with Gasteiger partial charge in [-0.3, -0.25) is 0 Å². The molecule has 0 saturated carbocycles.